The number of likely N-dealkylation sites (tertiary alicyclic amines) is 1. The van der Waals surface area contributed by atoms with Gasteiger partial charge >= 0.3 is 0 Å². The van der Waals surface area contributed by atoms with Crippen molar-refractivity contribution in [3.8, 4) is 11.5 Å². The molecule has 0 radical (unpaired) electrons. The van der Waals surface area contributed by atoms with Crippen LogP contribution in [0, 0.1) is 5.82 Å². The van der Waals surface area contributed by atoms with Crippen molar-refractivity contribution in [1.82, 2.24) is 4.90 Å². The molecule has 4 rings (SSSR count). The van der Waals surface area contributed by atoms with Crippen LogP contribution in [0.25, 0.3) is 0 Å². The first-order valence-electron chi connectivity index (χ1n) is 8.29. The molecule has 0 N–H and O–H groups in total. The summed E-state index contributed by atoms with van der Waals surface area (Å²) in [6.07, 6.45) is 1.80. The SMILES string of the molecule is O=C(c1ccc(Br)c(F)c1)N1CCCC1c1ccc2c(c1)OCCO2. The van der Waals surface area contributed by atoms with Gasteiger partial charge in [-0.3, -0.25) is 4.79 Å². The molecule has 1 atom stereocenters. The molecule has 1 saturated heterocycles. The van der Waals surface area contributed by atoms with Gasteiger partial charge in [-0.15, -0.1) is 0 Å². The molecule has 2 aromatic carbocycles. The maximum Gasteiger partial charge on any atom is 0.254 e. The van der Waals surface area contributed by atoms with Crippen LogP contribution in [0.2, 0.25) is 0 Å². The average Bonchev–Trinajstić information content (AvgIpc) is 3.12. The van der Waals surface area contributed by atoms with Crippen molar-refractivity contribution in [2.24, 2.45) is 0 Å². The van der Waals surface area contributed by atoms with E-state index in [1.54, 1.807) is 12.1 Å². The lowest BCUT2D eigenvalue weighted by atomic mass is 10.0. The molecule has 0 aliphatic carbocycles. The number of hydrogen-bond donors (Lipinski definition) is 0. The normalized spacial score (nSPS) is 19.1. The van der Waals surface area contributed by atoms with Crippen molar-refractivity contribution in [2.45, 2.75) is 18.9 Å². The van der Waals surface area contributed by atoms with Crippen LogP contribution in [0.5, 0.6) is 11.5 Å². The van der Waals surface area contributed by atoms with Gasteiger partial charge in [0.15, 0.2) is 11.5 Å². The smallest absolute Gasteiger partial charge is 0.254 e. The highest BCUT2D eigenvalue weighted by molar-refractivity contribution is 9.10. The number of fused-ring (bicyclic) bond motifs is 1. The summed E-state index contributed by atoms with van der Waals surface area (Å²) < 4.78 is 25.3. The number of carbonyl (C=O) groups excluding carboxylic acids is 1. The molecule has 2 aliphatic rings. The van der Waals surface area contributed by atoms with Crippen LogP contribution in [-0.4, -0.2) is 30.6 Å². The van der Waals surface area contributed by atoms with Gasteiger partial charge in [0.25, 0.3) is 5.91 Å². The van der Waals surface area contributed by atoms with Gasteiger partial charge < -0.3 is 14.4 Å². The monoisotopic (exact) mass is 405 g/mol. The summed E-state index contributed by atoms with van der Waals surface area (Å²) in [5, 5.41) is 0. The van der Waals surface area contributed by atoms with Gasteiger partial charge in [-0.05, 0) is 64.7 Å². The molecule has 0 saturated carbocycles. The van der Waals surface area contributed by atoms with E-state index in [2.05, 4.69) is 15.9 Å². The minimum absolute atomic E-state index is 0.0324. The summed E-state index contributed by atoms with van der Waals surface area (Å²) >= 11 is 3.12. The zero-order chi connectivity index (χ0) is 17.4. The Kier molecular flexibility index (Phi) is 4.37. The second kappa shape index (κ2) is 6.67. The molecule has 1 unspecified atom stereocenters. The fraction of sp³-hybridized carbons (Fsp3) is 0.316. The molecule has 0 spiro atoms. The second-order valence-corrected chi connectivity index (χ2v) is 7.04. The number of benzene rings is 2. The van der Waals surface area contributed by atoms with Gasteiger partial charge in [-0.25, -0.2) is 4.39 Å². The maximum absolute atomic E-state index is 13.8. The summed E-state index contributed by atoms with van der Waals surface area (Å²) in [5.41, 5.74) is 1.39. The topological polar surface area (TPSA) is 38.8 Å². The third-order valence-corrected chi connectivity index (χ3v) is 5.27. The highest BCUT2D eigenvalue weighted by atomic mass is 79.9. The summed E-state index contributed by atoms with van der Waals surface area (Å²) in [4.78, 5) is 14.7. The van der Waals surface area contributed by atoms with Crippen LogP contribution < -0.4 is 9.47 Å². The number of ether oxygens (including phenoxy) is 2. The van der Waals surface area contributed by atoms with Crippen LogP contribution in [0.1, 0.15) is 34.8 Å². The maximum atomic E-state index is 13.8. The van der Waals surface area contributed by atoms with Crippen molar-refractivity contribution >= 4 is 21.8 Å². The number of rotatable bonds is 2. The minimum atomic E-state index is -0.430. The first-order valence-corrected chi connectivity index (χ1v) is 9.08. The van der Waals surface area contributed by atoms with Crippen molar-refractivity contribution in [3.05, 3.63) is 57.8 Å². The number of hydrogen-bond acceptors (Lipinski definition) is 3. The van der Waals surface area contributed by atoms with Crippen LogP contribution in [0.15, 0.2) is 40.9 Å². The Morgan fingerprint density at radius 1 is 1.12 bits per heavy atom. The molecule has 2 aromatic rings. The Morgan fingerprint density at radius 2 is 1.92 bits per heavy atom. The quantitative estimate of drug-likeness (QED) is 0.745. The Hall–Kier alpha value is -2.08. The molecule has 0 bridgehead atoms. The van der Waals surface area contributed by atoms with Gasteiger partial charge in [-0.1, -0.05) is 6.07 Å². The first kappa shape index (κ1) is 16.4. The number of carbonyl (C=O) groups is 1. The largest absolute Gasteiger partial charge is 0.486 e. The molecule has 25 heavy (non-hydrogen) atoms. The predicted octanol–water partition coefficient (Wildman–Crippen LogP) is 4.34. The summed E-state index contributed by atoms with van der Waals surface area (Å²) in [5.74, 6) is 0.878. The lowest BCUT2D eigenvalue weighted by molar-refractivity contribution is 0.0734. The standard InChI is InChI=1S/C19H17BrFNO3/c20-14-5-3-13(10-15(14)21)19(23)22-7-1-2-16(22)12-4-6-17-18(11-12)25-9-8-24-17/h3-6,10-11,16H,1-2,7-9H2. The lowest BCUT2D eigenvalue weighted by Crippen LogP contribution is -2.30. The highest BCUT2D eigenvalue weighted by Crippen LogP contribution is 2.38. The molecule has 4 nitrogen and oxygen atoms in total. The molecule has 2 heterocycles. The Morgan fingerprint density at radius 3 is 2.72 bits per heavy atom. The van der Waals surface area contributed by atoms with Crippen LogP contribution in [0.4, 0.5) is 4.39 Å². The fourth-order valence-electron chi connectivity index (χ4n) is 3.42. The zero-order valence-electron chi connectivity index (χ0n) is 13.5. The summed E-state index contributed by atoms with van der Waals surface area (Å²) in [7, 11) is 0. The molecule has 1 fully saturated rings. The first-order chi connectivity index (χ1) is 12.1. The van der Waals surface area contributed by atoms with Gasteiger partial charge in [-0.2, -0.15) is 0 Å². The number of amides is 1. The molecular formula is C19H17BrFNO3. The number of nitrogens with zero attached hydrogens (tertiary/aromatic N) is 1. The Balaban J connectivity index is 1.61. The molecular weight excluding hydrogens is 389 g/mol. The minimum Gasteiger partial charge on any atom is -0.486 e. The molecule has 130 valence electrons. The van der Waals surface area contributed by atoms with Crippen LogP contribution in [0.3, 0.4) is 0 Å². The molecule has 0 aromatic heterocycles. The predicted molar refractivity (Wildman–Crippen MR) is 94.5 cm³/mol. The Labute approximate surface area is 153 Å². The van der Waals surface area contributed by atoms with Gasteiger partial charge in [0.05, 0.1) is 10.5 Å². The van der Waals surface area contributed by atoms with Gasteiger partial charge in [0.1, 0.15) is 19.0 Å². The van der Waals surface area contributed by atoms with Gasteiger partial charge in [0.2, 0.25) is 0 Å². The molecule has 1 amide bonds. The van der Waals surface area contributed by atoms with E-state index in [4.69, 9.17) is 9.47 Å². The average molecular weight is 406 g/mol. The zero-order valence-corrected chi connectivity index (χ0v) is 15.1. The second-order valence-electron chi connectivity index (χ2n) is 6.19. The van der Waals surface area contributed by atoms with E-state index in [0.717, 1.165) is 29.9 Å². The van der Waals surface area contributed by atoms with E-state index in [0.29, 0.717) is 29.8 Å². The third kappa shape index (κ3) is 3.11. The van der Waals surface area contributed by atoms with Crippen molar-refractivity contribution in [1.29, 1.82) is 0 Å². The van der Waals surface area contributed by atoms with Crippen LogP contribution >= 0.6 is 15.9 Å². The number of halogens is 2. The lowest BCUT2D eigenvalue weighted by Gasteiger charge is -2.27. The van der Waals surface area contributed by atoms with E-state index >= 15 is 0 Å². The van der Waals surface area contributed by atoms with Gasteiger partial charge in [0, 0.05) is 12.1 Å². The summed E-state index contributed by atoms with van der Waals surface area (Å²) in [6.45, 7) is 1.74. The molecule has 6 heteroatoms. The van der Waals surface area contributed by atoms with E-state index in [1.807, 2.05) is 23.1 Å². The van der Waals surface area contributed by atoms with E-state index in [1.165, 1.54) is 6.07 Å². The van der Waals surface area contributed by atoms with Crippen LogP contribution in [-0.2, 0) is 0 Å². The van der Waals surface area contributed by atoms with Crippen molar-refractivity contribution < 1.29 is 18.7 Å². The van der Waals surface area contributed by atoms with Crippen molar-refractivity contribution in [2.75, 3.05) is 19.8 Å². The highest BCUT2D eigenvalue weighted by Gasteiger charge is 2.31. The van der Waals surface area contributed by atoms with E-state index in [9.17, 15) is 9.18 Å². The third-order valence-electron chi connectivity index (χ3n) is 4.63. The van der Waals surface area contributed by atoms with Crippen molar-refractivity contribution in [3.63, 3.8) is 0 Å². The van der Waals surface area contributed by atoms with E-state index < -0.39 is 5.82 Å². The van der Waals surface area contributed by atoms with E-state index in [-0.39, 0.29) is 11.9 Å². The summed E-state index contributed by atoms with van der Waals surface area (Å²) in [6, 6.07) is 10.3. The fourth-order valence-corrected chi connectivity index (χ4v) is 3.67. The molecule has 2 aliphatic heterocycles. The Bertz CT molecular complexity index is 826.